The molecule has 1 fully saturated rings. The number of hydrogen-bond donors (Lipinski definition) is 2. The smallest absolute Gasteiger partial charge is 0.399 e. The highest BCUT2D eigenvalue weighted by molar-refractivity contribution is 7.98. The Hall–Kier alpha value is -2.28. The van der Waals surface area contributed by atoms with Crippen LogP contribution in [0.1, 0.15) is 33.3 Å². The molecule has 9 heteroatoms. The molecule has 1 aromatic heterocycles. The average molecular weight is 384 g/mol. The fourth-order valence-corrected chi connectivity index (χ4v) is 3.13. The number of thioether (sulfide) groups is 1. The summed E-state index contributed by atoms with van der Waals surface area (Å²) in [6.45, 7) is 7.90. The van der Waals surface area contributed by atoms with Crippen LogP contribution in [0.25, 0.3) is 11.3 Å². The molecule has 27 heavy (non-hydrogen) atoms. The van der Waals surface area contributed by atoms with Crippen molar-refractivity contribution in [2.45, 2.75) is 44.1 Å². The van der Waals surface area contributed by atoms with Crippen molar-refractivity contribution in [3.63, 3.8) is 0 Å². The van der Waals surface area contributed by atoms with Gasteiger partial charge in [-0.3, -0.25) is 4.79 Å². The fraction of sp³-hybridized carbons (Fsp3) is 0.389. The zero-order valence-corrected chi connectivity index (χ0v) is 16.7. The highest BCUT2D eigenvalue weighted by atomic mass is 32.2. The molecule has 0 saturated carbocycles. The van der Waals surface area contributed by atoms with Crippen LogP contribution in [0, 0.1) is 11.3 Å². The Morgan fingerprint density at radius 2 is 1.89 bits per heavy atom. The molecule has 2 heterocycles. The van der Waals surface area contributed by atoms with Gasteiger partial charge in [0.25, 0.3) is 5.56 Å². The normalized spacial score (nSPS) is 17.7. The Morgan fingerprint density at radius 3 is 2.44 bits per heavy atom. The molecule has 1 saturated heterocycles. The van der Waals surface area contributed by atoms with Gasteiger partial charge < -0.3 is 20.0 Å². The van der Waals surface area contributed by atoms with Crippen molar-refractivity contribution in [2.24, 2.45) is 0 Å². The number of benzene rings is 1. The lowest BCUT2D eigenvalue weighted by Gasteiger charge is -2.32. The number of nitrogens with two attached hydrogens (primary N) is 1. The summed E-state index contributed by atoms with van der Waals surface area (Å²) in [7, 11) is -0.582. The third-order valence-electron chi connectivity index (χ3n) is 5.06. The van der Waals surface area contributed by atoms with Crippen molar-refractivity contribution in [3.8, 4) is 17.3 Å². The van der Waals surface area contributed by atoms with E-state index >= 15 is 0 Å². The number of hydrogen-bond acceptors (Lipinski definition) is 7. The second kappa shape index (κ2) is 6.71. The summed E-state index contributed by atoms with van der Waals surface area (Å²) in [5.74, 6) is 0. The monoisotopic (exact) mass is 384 g/mol. The van der Waals surface area contributed by atoms with E-state index in [9.17, 15) is 10.1 Å². The maximum Gasteiger partial charge on any atom is 0.494 e. The summed E-state index contributed by atoms with van der Waals surface area (Å²) in [5.41, 5.74) is 6.52. The first-order valence-electron chi connectivity index (χ1n) is 8.43. The predicted molar refractivity (Wildman–Crippen MR) is 107 cm³/mol. The lowest BCUT2D eigenvalue weighted by atomic mass is 9.78. The molecule has 0 atom stereocenters. The van der Waals surface area contributed by atoms with Crippen molar-refractivity contribution in [2.75, 3.05) is 12.0 Å². The van der Waals surface area contributed by atoms with Crippen molar-refractivity contribution in [3.05, 3.63) is 34.1 Å². The van der Waals surface area contributed by atoms with Gasteiger partial charge in [-0.1, -0.05) is 23.9 Å². The molecule has 1 aliphatic rings. The van der Waals surface area contributed by atoms with Gasteiger partial charge in [-0.2, -0.15) is 5.26 Å². The van der Waals surface area contributed by atoms with Gasteiger partial charge in [-0.15, -0.1) is 0 Å². The molecule has 0 amide bonds. The summed E-state index contributed by atoms with van der Waals surface area (Å²) in [6, 6.07) is 7.21. The molecular formula is C18H21BN4O3S. The van der Waals surface area contributed by atoms with Crippen molar-refractivity contribution >= 4 is 30.0 Å². The molecule has 1 aliphatic heterocycles. The number of H-pyrrole nitrogens is 1. The van der Waals surface area contributed by atoms with E-state index in [0.29, 0.717) is 16.4 Å². The molecule has 0 aliphatic carbocycles. The Labute approximate surface area is 162 Å². The number of anilines is 1. The molecule has 3 rings (SSSR count). The molecule has 2 aromatic rings. The molecule has 140 valence electrons. The SMILES string of the molecule is CSc1nc(-c2cc(B3OC(C)(C)C(C)(C)O3)ccc2N)c(C#N)c(=O)[nH]1. The fourth-order valence-electron chi connectivity index (χ4n) is 2.75. The molecule has 7 nitrogen and oxygen atoms in total. The van der Waals surface area contributed by atoms with E-state index in [1.54, 1.807) is 18.4 Å². The summed E-state index contributed by atoms with van der Waals surface area (Å²) in [5, 5.41) is 9.84. The van der Waals surface area contributed by atoms with Gasteiger partial charge >= 0.3 is 7.12 Å². The first-order valence-corrected chi connectivity index (χ1v) is 9.66. The van der Waals surface area contributed by atoms with E-state index in [0.717, 1.165) is 5.46 Å². The van der Waals surface area contributed by atoms with Crippen LogP contribution in [0.15, 0.2) is 28.2 Å². The topological polar surface area (TPSA) is 114 Å². The number of nitriles is 1. The zero-order chi connectivity index (χ0) is 20.0. The largest absolute Gasteiger partial charge is 0.494 e. The van der Waals surface area contributed by atoms with Crippen LogP contribution in [0.5, 0.6) is 0 Å². The lowest BCUT2D eigenvalue weighted by Crippen LogP contribution is -2.41. The molecule has 0 bridgehead atoms. The number of aromatic amines is 1. The van der Waals surface area contributed by atoms with E-state index < -0.39 is 23.9 Å². The third-order valence-corrected chi connectivity index (χ3v) is 5.64. The molecule has 1 aromatic carbocycles. The maximum atomic E-state index is 12.2. The van der Waals surface area contributed by atoms with Crippen LogP contribution in [-0.2, 0) is 9.31 Å². The Morgan fingerprint density at radius 1 is 1.26 bits per heavy atom. The average Bonchev–Trinajstić information content (AvgIpc) is 2.82. The van der Waals surface area contributed by atoms with E-state index in [1.807, 2.05) is 39.8 Å². The number of rotatable bonds is 3. The van der Waals surface area contributed by atoms with E-state index in [-0.39, 0.29) is 11.3 Å². The van der Waals surface area contributed by atoms with E-state index in [2.05, 4.69) is 9.97 Å². The van der Waals surface area contributed by atoms with Gasteiger partial charge in [0, 0.05) is 11.3 Å². The molecule has 0 spiro atoms. The Kier molecular flexibility index (Phi) is 4.84. The molecule has 3 N–H and O–H groups in total. The van der Waals surface area contributed by atoms with Crippen LogP contribution in [0.3, 0.4) is 0 Å². The van der Waals surface area contributed by atoms with Crippen LogP contribution in [-0.4, -0.2) is 34.5 Å². The molecule has 0 radical (unpaired) electrons. The minimum absolute atomic E-state index is 0.0782. The minimum Gasteiger partial charge on any atom is -0.399 e. The standard InChI is InChI=1S/C18H21BN4O3S/c1-17(2)18(3,4)26-19(25-17)10-6-7-13(21)11(8-10)14-12(9-20)15(24)23-16(22-14)27-5/h6-8H,21H2,1-5H3,(H,22,23,24). The minimum atomic E-state index is -0.582. The van der Waals surface area contributed by atoms with Gasteiger partial charge in [0.2, 0.25) is 0 Å². The van der Waals surface area contributed by atoms with Gasteiger partial charge in [0.1, 0.15) is 11.6 Å². The highest BCUT2D eigenvalue weighted by Crippen LogP contribution is 2.37. The van der Waals surface area contributed by atoms with Gasteiger partial charge in [-0.05, 0) is 45.5 Å². The highest BCUT2D eigenvalue weighted by Gasteiger charge is 2.51. The summed E-state index contributed by atoms with van der Waals surface area (Å²) in [6.07, 6.45) is 1.79. The van der Waals surface area contributed by atoms with Crippen LogP contribution < -0.4 is 16.8 Å². The lowest BCUT2D eigenvalue weighted by molar-refractivity contribution is 0.00578. The second-order valence-electron chi connectivity index (χ2n) is 7.35. The first kappa shape index (κ1) is 19.5. The Bertz CT molecular complexity index is 981. The number of aromatic nitrogens is 2. The number of nitrogen functional groups attached to an aromatic ring is 1. The van der Waals surface area contributed by atoms with Crippen LogP contribution >= 0.6 is 11.8 Å². The van der Waals surface area contributed by atoms with Crippen molar-refractivity contribution in [1.82, 2.24) is 9.97 Å². The van der Waals surface area contributed by atoms with Crippen LogP contribution in [0.4, 0.5) is 5.69 Å². The van der Waals surface area contributed by atoms with E-state index in [4.69, 9.17) is 15.0 Å². The zero-order valence-electron chi connectivity index (χ0n) is 15.9. The number of nitrogens with zero attached hydrogens (tertiary/aromatic N) is 2. The van der Waals surface area contributed by atoms with Crippen LogP contribution in [0.2, 0.25) is 0 Å². The third kappa shape index (κ3) is 3.36. The summed E-state index contributed by atoms with van der Waals surface area (Å²) >= 11 is 1.28. The molecular weight excluding hydrogens is 363 g/mol. The van der Waals surface area contributed by atoms with Crippen molar-refractivity contribution in [1.29, 1.82) is 5.26 Å². The van der Waals surface area contributed by atoms with Crippen molar-refractivity contribution < 1.29 is 9.31 Å². The maximum absolute atomic E-state index is 12.2. The first-order chi connectivity index (χ1) is 12.6. The predicted octanol–water partition coefficient (Wildman–Crippen LogP) is 1.91. The number of nitrogens with one attached hydrogen (secondary N) is 1. The van der Waals surface area contributed by atoms with Gasteiger partial charge in [-0.25, -0.2) is 4.98 Å². The summed E-state index contributed by atoms with van der Waals surface area (Å²) < 4.78 is 12.2. The van der Waals surface area contributed by atoms with Gasteiger partial charge in [0.15, 0.2) is 5.16 Å². The van der Waals surface area contributed by atoms with Gasteiger partial charge in [0.05, 0.1) is 16.9 Å². The molecule has 0 unspecified atom stereocenters. The quantitative estimate of drug-likeness (QED) is 0.360. The second-order valence-corrected chi connectivity index (χ2v) is 8.14. The Balaban J connectivity index is 2.13. The van der Waals surface area contributed by atoms with E-state index in [1.165, 1.54) is 11.8 Å². The summed E-state index contributed by atoms with van der Waals surface area (Å²) in [4.78, 5) is 19.2.